The average molecular weight is 476 g/mol. The van der Waals surface area contributed by atoms with Gasteiger partial charge in [0.15, 0.2) is 11.6 Å². The lowest BCUT2D eigenvalue weighted by atomic mass is 9.67. The molecule has 0 aromatic heterocycles. The molecule has 0 radical (unpaired) electrons. The van der Waals surface area contributed by atoms with Crippen LogP contribution in [0.25, 0.3) is 0 Å². The van der Waals surface area contributed by atoms with Crippen molar-refractivity contribution in [1.82, 2.24) is 4.90 Å². The molecule has 0 saturated carbocycles. The van der Waals surface area contributed by atoms with Crippen LogP contribution in [0.15, 0.2) is 66.7 Å². The minimum absolute atomic E-state index is 0.0499. The van der Waals surface area contributed by atoms with Crippen LogP contribution >= 0.6 is 0 Å². The van der Waals surface area contributed by atoms with E-state index >= 15 is 0 Å². The van der Waals surface area contributed by atoms with Crippen LogP contribution in [0.1, 0.15) is 44.7 Å². The molecule has 0 spiro atoms. The van der Waals surface area contributed by atoms with Crippen molar-refractivity contribution in [2.75, 3.05) is 13.1 Å². The summed E-state index contributed by atoms with van der Waals surface area (Å²) in [6.45, 7) is 3.08. The summed E-state index contributed by atoms with van der Waals surface area (Å²) < 4.78 is 14.6. The summed E-state index contributed by atoms with van der Waals surface area (Å²) in [6.07, 6.45) is 0. The number of halogens is 1. The fourth-order valence-electron chi connectivity index (χ4n) is 4.97. The Morgan fingerprint density at radius 3 is 1.77 bits per heavy atom. The Morgan fingerprint density at radius 2 is 1.31 bits per heavy atom. The largest absolute Gasteiger partial charge is 0.508 e. The molecule has 4 rings (SSSR count). The maximum atomic E-state index is 14.6. The first-order valence-corrected chi connectivity index (χ1v) is 11.3. The van der Waals surface area contributed by atoms with Gasteiger partial charge in [-0.25, -0.2) is 4.39 Å². The Balaban J connectivity index is 1.89. The Labute approximate surface area is 202 Å². The number of carbonyl (C=O) groups is 3. The Morgan fingerprint density at radius 1 is 0.829 bits per heavy atom. The number of nitrogens with zero attached hydrogens (tertiary/aromatic N) is 1. The van der Waals surface area contributed by atoms with Gasteiger partial charge < -0.3 is 15.1 Å². The highest BCUT2D eigenvalue weighted by Gasteiger charge is 2.46. The number of ketones is 2. The smallest absolute Gasteiger partial charge is 0.219 e. The normalized spacial score (nSPS) is 18.3. The minimum Gasteiger partial charge on any atom is -0.508 e. The van der Waals surface area contributed by atoms with Gasteiger partial charge in [0.1, 0.15) is 17.3 Å². The molecule has 2 N–H and O–H groups in total. The molecule has 0 bridgehead atoms. The molecule has 1 aliphatic rings. The first kappa shape index (κ1) is 24.1. The first-order chi connectivity index (χ1) is 16.7. The van der Waals surface area contributed by atoms with E-state index in [1.54, 1.807) is 43.3 Å². The van der Waals surface area contributed by atoms with Crippen molar-refractivity contribution in [3.8, 4) is 11.5 Å². The van der Waals surface area contributed by atoms with Crippen molar-refractivity contribution in [3.05, 3.63) is 94.8 Å². The maximum absolute atomic E-state index is 14.6. The summed E-state index contributed by atoms with van der Waals surface area (Å²) in [5.41, 5.74) is 1.33. The van der Waals surface area contributed by atoms with Gasteiger partial charge in [-0.05, 0) is 48.4 Å². The Bertz CT molecular complexity index is 1240. The quantitative estimate of drug-likeness (QED) is 0.531. The third kappa shape index (κ3) is 4.80. The van der Waals surface area contributed by atoms with Gasteiger partial charge >= 0.3 is 0 Å². The lowest BCUT2D eigenvalue weighted by Gasteiger charge is -2.43. The predicted molar refractivity (Wildman–Crippen MR) is 128 cm³/mol. The fourth-order valence-corrected chi connectivity index (χ4v) is 4.97. The summed E-state index contributed by atoms with van der Waals surface area (Å²) in [4.78, 5) is 41.4. The number of amides is 1. The third-order valence-electron chi connectivity index (χ3n) is 6.75. The number of Topliss-reactive ketones (excluding diaryl/α,β-unsaturated/α-hetero) is 2. The molecule has 1 aliphatic heterocycles. The number of phenolic OH excluding ortho intramolecular Hbond substituents is 2. The molecule has 35 heavy (non-hydrogen) atoms. The molecule has 3 aromatic rings. The lowest BCUT2D eigenvalue weighted by molar-refractivity contribution is -0.131. The summed E-state index contributed by atoms with van der Waals surface area (Å²) in [6, 6.07) is 16.4. The van der Waals surface area contributed by atoms with Crippen LogP contribution in [0.2, 0.25) is 0 Å². The zero-order chi connectivity index (χ0) is 25.3. The van der Waals surface area contributed by atoms with Crippen molar-refractivity contribution in [1.29, 1.82) is 0 Å². The summed E-state index contributed by atoms with van der Waals surface area (Å²) >= 11 is 0. The number of aromatic hydroxyl groups is 2. The van der Waals surface area contributed by atoms with E-state index < -0.39 is 23.6 Å². The summed E-state index contributed by atoms with van der Waals surface area (Å²) in [5.74, 6) is -4.07. The van der Waals surface area contributed by atoms with E-state index in [9.17, 15) is 29.0 Å². The predicted octanol–water partition coefficient (Wildman–Crippen LogP) is 4.49. The van der Waals surface area contributed by atoms with Crippen molar-refractivity contribution >= 4 is 17.5 Å². The highest BCUT2D eigenvalue weighted by Crippen LogP contribution is 2.42. The van der Waals surface area contributed by atoms with Crippen molar-refractivity contribution < 1.29 is 29.0 Å². The number of phenols is 2. The maximum Gasteiger partial charge on any atom is 0.219 e. The standard InChI is InChI=1S/C28H26FNO5/c1-16-22(10-5-11-25(16)29)26-23(27(34)18-6-3-8-20(32)12-18)14-30(17(2)31)15-24(26)28(35)19-7-4-9-21(33)13-19/h3-13,23-24,26,32-33H,14-15H2,1-2H3/t23-,24-/m0/s1. The van der Waals surface area contributed by atoms with Gasteiger partial charge in [-0.15, -0.1) is 0 Å². The second-order valence-electron chi connectivity index (χ2n) is 8.95. The van der Waals surface area contributed by atoms with Crippen LogP contribution in [0, 0.1) is 24.6 Å². The molecular formula is C28H26FNO5. The van der Waals surface area contributed by atoms with Gasteiger partial charge in [0, 0.05) is 48.9 Å². The van der Waals surface area contributed by atoms with Crippen LogP contribution in [0.3, 0.4) is 0 Å². The molecule has 1 amide bonds. The molecule has 1 saturated heterocycles. The summed E-state index contributed by atoms with van der Waals surface area (Å²) in [7, 11) is 0. The molecule has 0 unspecified atom stereocenters. The number of likely N-dealkylation sites (tertiary alicyclic amines) is 1. The van der Waals surface area contributed by atoms with Crippen LogP contribution in [0.5, 0.6) is 11.5 Å². The molecular weight excluding hydrogens is 449 g/mol. The number of piperidine rings is 1. The Kier molecular flexibility index (Phi) is 6.69. The average Bonchev–Trinajstić information content (AvgIpc) is 2.84. The van der Waals surface area contributed by atoms with Gasteiger partial charge in [0.05, 0.1) is 0 Å². The van der Waals surface area contributed by atoms with Crippen molar-refractivity contribution in [2.45, 2.75) is 19.8 Å². The van der Waals surface area contributed by atoms with E-state index in [1.165, 1.54) is 42.2 Å². The highest BCUT2D eigenvalue weighted by atomic mass is 19.1. The SMILES string of the molecule is CC(=O)N1C[C@H](C(=O)c2cccc(O)c2)C(c2cccc(F)c2C)[C@@H](C(=O)c2cccc(O)c2)C1. The van der Waals surface area contributed by atoms with E-state index in [2.05, 4.69) is 0 Å². The number of hydrogen-bond acceptors (Lipinski definition) is 5. The zero-order valence-electron chi connectivity index (χ0n) is 19.4. The second-order valence-corrected chi connectivity index (χ2v) is 8.95. The molecule has 180 valence electrons. The first-order valence-electron chi connectivity index (χ1n) is 11.3. The van der Waals surface area contributed by atoms with Crippen LogP contribution < -0.4 is 0 Å². The minimum atomic E-state index is -0.860. The summed E-state index contributed by atoms with van der Waals surface area (Å²) in [5, 5.41) is 19.9. The number of hydrogen-bond donors (Lipinski definition) is 2. The van der Waals surface area contributed by atoms with Crippen LogP contribution in [0.4, 0.5) is 4.39 Å². The number of carbonyl (C=O) groups excluding carboxylic acids is 3. The van der Waals surface area contributed by atoms with Gasteiger partial charge in [0.2, 0.25) is 5.91 Å². The van der Waals surface area contributed by atoms with E-state index in [4.69, 9.17) is 0 Å². The van der Waals surface area contributed by atoms with Gasteiger partial charge in [-0.2, -0.15) is 0 Å². The number of benzene rings is 3. The molecule has 0 aliphatic carbocycles. The van der Waals surface area contributed by atoms with E-state index in [-0.39, 0.29) is 53.2 Å². The number of rotatable bonds is 5. The monoisotopic (exact) mass is 475 g/mol. The molecule has 2 atom stereocenters. The fraction of sp³-hybridized carbons (Fsp3) is 0.250. The zero-order valence-corrected chi connectivity index (χ0v) is 19.4. The molecule has 6 nitrogen and oxygen atoms in total. The third-order valence-corrected chi connectivity index (χ3v) is 6.75. The van der Waals surface area contributed by atoms with Crippen LogP contribution in [-0.4, -0.2) is 45.7 Å². The van der Waals surface area contributed by atoms with E-state index in [0.29, 0.717) is 11.1 Å². The second kappa shape index (κ2) is 9.70. The Hall–Kier alpha value is -4.00. The van der Waals surface area contributed by atoms with E-state index in [1.807, 2.05) is 0 Å². The molecule has 1 fully saturated rings. The molecule has 3 aromatic carbocycles. The van der Waals surface area contributed by atoms with Gasteiger partial charge in [-0.1, -0.05) is 36.4 Å². The van der Waals surface area contributed by atoms with Gasteiger partial charge in [0.25, 0.3) is 0 Å². The van der Waals surface area contributed by atoms with Crippen molar-refractivity contribution in [2.24, 2.45) is 11.8 Å². The van der Waals surface area contributed by atoms with E-state index in [0.717, 1.165) is 0 Å². The van der Waals surface area contributed by atoms with Crippen molar-refractivity contribution in [3.63, 3.8) is 0 Å². The molecule has 7 heteroatoms. The topological polar surface area (TPSA) is 94.9 Å². The van der Waals surface area contributed by atoms with Gasteiger partial charge in [-0.3, -0.25) is 14.4 Å². The lowest BCUT2D eigenvalue weighted by Crippen LogP contribution is -2.52. The molecule has 1 heterocycles. The van der Waals surface area contributed by atoms with Crippen LogP contribution in [-0.2, 0) is 4.79 Å². The highest BCUT2D eigenvalue weighted by molar-refractivity contribution is 6.03.